The highest BCUT2D eigenvalue weighted by atomic mass is 16.3. The Balaban J connectivity index is 2.02. The van der Waals surface area contributed by atoms with Gasteiger partial charge in [0.05, 0.1) is 0 Å². The summed E-state index contributed by atoms with van der Waals surface area (Å²) in [5.41, 5.74) is 5.16. The second-order valence-corrected chi connectivity index (χ2v) is 8.91. The molecule has 1 N–H and O–H groups in total. The van der Waals surface area contributed by atoms with Gasteiger partial charge in [0.1, 0.15) is 0 Å². The second kappa shape index (κ2) is 5.67. The number of aliphatic hydroxyl groups is 1. The third-order valence-electron chi connectivity index (χ3n) is 6.45. The summed E-state index contributed by atoms with van der Waals surface area (Å²) in [6, 6.07) is 7.25. The van der Waals surface area contributed by atoms with Gasteiger partial charge in [-0.1, -0.05) is 58.7 Å². The molecule has 1 fully saturated rings. The lowest BCUT2D eigenvalue weighted by Crippen LogP contribution is -2.34. The van der Waals surface area contributed by atoms with Crippen molar-refractivity contribution in [1.29, 1.82) is 0 Å². The zero-order valence-electron chi connectivity index (χ0n) is 14.8. The average Bonchev–Trinajstić information content (AvgIpc) is 2.51. The molecule has 1 heteroatoms. The molecule has 0 bridgehead atoms. The SMILES string of the molecule is CC1(C)CCC(C)(C)c2cc(C3CCCCC3CO)ccc21. The minimum Gasteiger partial charge on any atom is -0.396 e. The molecule has 0 amide bonds. The predicted molar refractivity (Wildman–Crippen MR) is 93.5 cm³/mol. The number of aliphatic hydroxyl groups excluding tert-OH is 1. The third-order valence-corrected chi connectivity index (χ3v) is 6.45. The molecule has 3 rings (SSSR count). The van der Waals surface area contributed by atoms with Gasteiger partial charge in [0.25, 0.3) is 0 Å². The van der Waals surface area contributed by atoms with E-state index in [1.54, 1.807) is 11.1 Å². The van der Waals surface area contributed by atoms with Gasteiger partial charge >= 0.3 is 0 Å². The van der Waals surface area contributed by atoms with Crippen LogP contribution in [-0.2, 0) is 10.8 Å². The van der Waals surface area contributed by atoms with Crippen LogP contribution in [0.1, 0.15) is 88.8 Å². The Morgan fingerprint density at radius 1 is 0.955 bits per heavy atom. The van der Waals surface area contributed by atoms with Crippen LogP contribution >= 0.6 is 0 Å². The van der Waals surface area contributed by atoms with Gasteiger partial charge in [-0.15, -0.1) is 0 Å². The Morgan fingerprint density at radius 3 is 2.27 bits per heavy atom. The molecule has 0 saturated heterocycles. The molecule has 0 aromatic heterocycles. The Hall–Kier alpha value is -0.820. The highest BCUT2D eigenvalue weighted by molar-refractivity contribution is 5.44. The smallest absolute Gasteiger partial charge is 0.0465 e. The Morgan fingerprint density at radius 2 is 1.59 bits per heavy atom. The molecule has 0 spiro atoms. The van der Waals surface area contributed by atoms with Crippen LogP contribution in [-0.4, -0.2) is 11.7 Å². The van der Waals surface area contributed by atoms with Gasteiger partial charge in [-0.05, 0) is 65.0 Å². The lowest BCUT2D eigenvalue weighted by Gasteiger charge is -2.42. The maximum absolute atomic E-state index is 9.75. The van der Waals surface area contributed by atoms with Crippen LogP contribution in [0.4, 0.5) is 0 Å². The first-order chi connectivity index (χ1) is 10.3. The molecule has 2 atom stereocenters. The van der Waals surface area contributed by atoms with E-state index >= 15 is 0 Å². The molecule has 22 heavy (non-hydrogen) atoms. The van der Waals surface area contributed by atoms with Crippen LogP contribution in [0.25, 0.3) is 0 Å². The van der Waals surface area contributed by atoms with Crippen LogP contribution in [0.2, 0.25) is 0 Å². The second-order valence-electron chi connectivity index (χ2n) is 8.91. The van der Waals surface area contributed by atoms with E-state index < -0.39 is 0 Å². The minimum absolute atomic E-state index is 0.282. The molecule has 0 aliphatic heterocycles. The van der Waals surface area contributed by atoms with Gasteiger partial charge in [0, 0.05) is 6.61 Å². The van der Waals surface area contributed by atoms with E-state index in [1.165, 1.54) is 44.1 Å². The van der Waals surface area contributed by atoms with Crippen molar-refractivity contribution in [2.75, 3.05) is 6.61 Å². The highest BCUT2D eigenvalue weighted by Gasteiger charge is 2.37. The van der Waals surface area contributed by atoms with Crippen molar-refractivity contribution in [3.8, 4) is 0 Å². The van der Waals surface area contributed by atoms with Crippen LogP contribution < -0.4 is 0 Å². The zero-order valence-corrected chi connectivity index (χ0v) is 14.8. The number of hydrogen-bond acceptors (Lipinski definition) is 1. The van der Waals surface area contributed by atoms with E-state index in [0.29, 0.717) is 23.9 Å². The normalized spacial score (nSPS) is 29.9. The van der Waals surface area contributed by atoms with Gasteiger partial charge in [0.2, 0.25) is 0 Å². The zero-order chi connectivity index (χ0) is 16.0. The monoisotopic (exact) mass is 300 g/mol. The molecule has 1 aromatic carbocycles. The van der Waals surface area contributed by atoms with E-state index in [-0.39, 0.29) is 5.41 Å². The number of fused-ring (bicyclic) bond motifs is 1. The summed E-state index contributed by atoms with van der Waals surface area (Å²) in [5, 5.41) is 9.75. The molecule has 0 radical (unpaired) electrons. The van der Waals surface area contributed by atoms with Crippen molar-refractivity contribution in [3.05, 3.63) is 34.9 Å². The topological polar surface area (TPSA) is 20.2 Å². The first-order valence-electron chi connectivity index (χ1n) is 9.11. The van der Waals surface area contributed by atoms with Crippen LogP contribution in [0, 0.1) is 5.92 Å². The van der Waals surface area contributed by atoms with Crippen molar-refractivity contribution >= 4 is 0 Å². The lowest BCUT2D eigenvalue weighted by molar-refractivity contribution is 0.169. The molecule has 2 aliphatic rings. The maximum Gasteiger partial charge on any atom is 0.0465 e. The maximum atomic E-state index is 9.75. The molecule has 0 heterocycles. The summed E-state index contributed by atoms with van der Waals surface area (Å²) >= 11 is 0. The number of rotatable bonds is 2. The Kier molecular flexibility index (Phi) is 4.14. The van der Waals surface area contributed by atoms with E-state index in [1.807, 2.05) is 0 Å². The third kappa shape index (κ3) is 2.73. The van der Waals surface area contributed by atoms with E-state index in [2.05, 4.69) is 45.9 Å². The summed E-state index contributed by atoms with van der Waals surface area (Å²) in [4.78, 5) is 0. The van der Waals surface area contributed by atoms with E-state index in [9.17, 15) is 5.11 Å². The van der Waals surface area contributed by atoms with Crippen molar-refractivity contribution in [2.45, 2.75) is 83.0 Å². The van der Waals surface area contributed by atoms with Crippen LogP contribution in [0.5, 0.6) is 0 Å². The number of hydrogen-bond donors (Lipinski definition) is 1. The highest BCUT2D eigenvalue weighted by Crippen LogP contribution is 2.47. The van der Waals surface area contributed by atoms with Gasteiger partial charge in [-0.2, -0.15) is 0 Å². The first-order valence-corrected chi connectivity index (χ1v) is 9.11. The molecular formula is C21H32O. The van der Waals surface area contributed by atoms with E-state index in [0.717, 1.165) is 0 Å². The molecule has 1 aromatic rings. The van der Waals surface area contributed by atoms with Gasteiger partial charge in [0.15, 0.2) is 0 Å². The van der Waals surface area contributed by atoms with Crippen LogP contribution in [0.3, 0.4) is 0 Å². The van der Waals surface area contributed by atoms with Gasteiger partial charge < -0.3 is 5.11 Å². The fraction of sp³-hybridized carbons (Fsp3) is 0.714. The predicted octanol–water partition coefficient (Wildman–Crippen LogP) is 5.30. The Labute approximate surface area is 136 Å². The fourth-order valence-electron chi connectivity index (χ4n) is 4.70. The number of benzene rings is 1. The summed E-state index contributed by atoms with van der Waals surface area (Å²) < 4.78 is 0. The molecular weight excluding hydrogens is 268 g/mol. The molecule has 1 saturated carbocycles. The largest absolute Gasteiger partial charge is 0.396 e. The first kappa shape index (κ1) is 16.1. The summed E-state index contributed by atoms with van der Waals surface area (Å²) in [5.74, 6) is 1.02. The molecule has 2 aliphatic carbocycles. The summed E-state index contributed by atoms with van der Waals surface area (Å²) in [6.07, 6.45) is 7.57. The van der Waals surface area contributed by atoms with Crippen molar-refractivity contribution in [3.63, 3.8) is 0 Å². The van der Waals surface area contributed by atoms with Crippen LogP contribution in [0.15, 0.2) is 18.2 Å². The molecule has 2 unspecified atom stereocenters. The fourth-order valence-corrected chi connectivity index (χ4v) is 4.70. The van der Waals surface area contributed by atoms with Gasteiger partial charge in [-0.3, -0.25) is 0 Å². The quantitative estimate of drug-likeness (QED) is 0.785. The Bertz CT molecular complexity index is 541. The standard InChI is InChI=1S/C21H32O/c1-20(2)11-12-21(3,4)19-13-15(9-10-18(19)20)17-8-6-5-7-16(17)14-22/h9-10,13,16-17,22H,5-8,11-12,14H2,1-4H3. The van der Waals surface area contributed by atoms with Crippen molar-refractivity contribution in [2.24, 2.45) is 5.92 Å². The van der Waals surface area contributed by atoms with Crippen molar-refractivity contribution < 1.29 is 5.11 Å². The molecule has 1 nitrogen and oxygen atoms in total. The summed E-state index contributed by atoms with van der Waals surface area (Å²) in [6.45, 7) is 9.91. The lowest BCUT2D eigenvalue weighted by atomic mass is 9.62. The van der Waals surface area contributed by atoms with Crippen molar-refractivity contribution in [1.82, 2.24) is 0 Å². The van der Waals surface area contributed by atoms with E-state index in [4.69, 9.17) is 0 Å². The average molecular weight is 300 g/mol. The minimum atomic E-state index is 0.282. The van der Waals surface area contributed by atoms with Gasteiger partial charge in [-0.25, -0.2) is 0 Å². The summed E-state index contributed by atoms with van der Waals surface area (Å²) in [7, 11) is 0. The molecule has 122 valence electrons.